The number of aromatic amines is 1. The quantitative estimate of drug-likeness (QED) is 0.664. The summed E-state index contributed by atoms with van der Waals surface area (Å²) in [5.41, 5.74) is 2.12. The number of rotatable bonds is 4. The molecule has 1 saturated carbocycles. The van der Waals surface area contributed by atoms with Gasteiger partial charge in [-0.25, -0.2) is 4.98 Å². The van der Waals surface area contributed by atoms with E-state index in [9.17, 15) is 18.0 Å². The summed E-state index contributed by atoms with van der Waals surface area (Å²) in [5.74, 6) is -1.03. The molecule has 1 aromatic heterocycles. The molecule has 1 aliphatic carbocycles. The first-order chi connectivity index (χ1) is 13.4. The normalized spacial score (nSPS) is 16.4. The number of benzene rings is 2. The maximum Gasteiger partial charge on any atom is 0.449 e. The number of carbonyl (C=O) groups is 1. The Labute approximate surface area is 160 Å². The molecule has 2 aromatic carbocycles. The van der Waals surface area contributed by atoms with Crippen molar-refractivity contribution in [2.45, 2.75) is 37.9 Å². The second-order valence-electron chi connectivity index (χ2n) is 7.19. The molecule has 0 spiro atoms. The molecule has 1 atom stereocenters. The third-order valence-corrected chi connectivity index (χ3v) is 5.25. The Kier molecular flexibility index (Phi) is 4.83. The molecular weight excluding hydrogens is 367 g/mol. The number of amides is 1. The van der Waals surface area contributed by atoms with Crippen molar-refractivity contribution < 1.29 is 18.0 Å². The number of nitrogens with one attached hydrogen (secondary N) is 2. The summed E-state index contributed by atoms with van der Waals surface area (Å²) in [4.78, 5) is 18.7. The summed E-state index contributed by atoms with van der Waals surface area (Å²) < 4.78 is 38.8. The first kappa shape index (κ1) is 18.5. The summed E-state index contributed by atoms with van der Waals surface area (Å²) in [5, 5.41) is 3.10. The van der Waals surface area contributed by atoms with Crippen LogP contribution in [0.3, 0.4) is 0 Å². The fourth-order valence-electron chi connectivity index (χ4n) is 3.79. The van der Waals surface area contributed by atoms with Gasteiger partial charge in [0.2, 0.25) is 11.7 Å². The molecule has 7 heteroatoms. The monoisotopic (exact) mass is 387 g/mol. The molecule has 0 bridgehead atoms. The predicted molar refractivity (Wildman–Crippen MR) is 99.5 cm³/mol. The number of aromatic nitrogens is 2. The molecule has 3 aromatic rings. The minimum absolute atomic E-state index is 0.000991. The molecule has 0 radical (unpaired) electrons. The number of imidazole rings is 1. The molecule has 1 aliphatic rings. The van der Waals surface area contributed by atoms with Gasteiger partial charge in [-0.1, -0.05) is 49.2 Å². The lowest BCUT2D eigenvalue weighted by atomic mass is 9.97. The molecule has 0 saturated heterocycles. The summed E-state index contributed by atoms with van der Waals surface area (Å²) in [6.07, 6.45) is -0.679. The fraction of sp³-hybridized carbons (Fsp3) is 0.333. The van der Waals surface area contributed by atoms with Crippen molar-refractivity contribution in [1.29, 1.82) is 0 Å². The van der Waals surface area contributed by atoms with Crippen LogP contribution >= 0.6 is 0 Å². The number of carbonyl (C=O) groups excluding carboxylic acids is 1. The molecular formula is C21H20F3N3O. The van der Waals surface area contributed by atoms with Crippen molar-refractivity contribution in [3.05, 3.63) is 65.5 Å². The van der Waals surface area contributed by atoms with Crippen molar-refractivity contribution in [3.63, 3.8) is 0 Å². The minimum Gasteiger partial charge on any atom is -0.345 e. The van der Waals surface area contributed by atoms with E-state index in [0.29, 0.717) is 11.1 Å². The zero-order valence-electron chi connectivity index (χ0n) is 15.1. The predicted octanol–water partition coefficient (Wildman–Crippen LogP) is 4.98. The highest BCUT2D eigenvalue weighted by Gasteiger charge is 2.35. The van der Waals surface area contributed by atoms with Crippen molar-refractivity contribution in [1.82, 2.24) is 15.3 Å². The van der Waals surface area contributed by atoms with Crippen LogP contribution in [0.5, 0.6) is 0 Å². The van der Waals surface area contributed by atoms with Gasteiger partial charge < -0.3 is 10.3 Å². The highest BCUT2D eigenvalue weighted by atomic mass is 19.4. The zero-order chi connectivity index (χ0) is 19.7. The number of nitrogens with zero attached hydrogens (tertiary/aromatic N) is 1. The average Bonchev–Trinajstić information content (AvgIpc) is 3.35. The molecule has 2 N–H and O–H groups in total. The third-order valence-electron chi connectivity index (χ3n) is 5.25. The van der Waals surface area contributed by atoms with Gasteiger partial charge in [0.25, 0.3) is 0 Å². The fourth-order valence-corrected chi connectivity index (χ4v) is 3.79. The third kappa shape index (κ3) is 3.74. The largest absolute Gasteiger partial charge is 0.449 e. The van der Waals surface area contributed by atoms with Crippen LogP contribution in [0, 0.1) is 5.92 Å². The summed E-state index contributed by atoms with van der Waals surface area (Å²) >= 11 is 0. The van der Waals surface area contributed by atoms with Gasteiger partial charge in [0.05, 0.1) is 17.1 Å². The van der Waals surface area contributed by atoms with Gasteiger partial charge in [0, 0.05) is 5.92 Å². The summed E-state index contributed by atoms with van der Waals surface area (Å²) in [6, 6.07) is 13.9. The van der Waals surface area contributed by atoms with Crippen LogP contribution in [0.1, 0.15) is 48.7 Å². The second kappa shape index (κ2) is 7.30. The number of hydrogen-bond acceptors (Lipinski definition) is 2. The lowest BCUT2D eigenvalue weighted by Gasteiger charge is -2.22. The minimum atomic E-state index is -4.53. The number of hydrogen-bond donors (Lipinski definition) is 2. The molecule has 1 heterocycles. The summed E-state index contributed by atoms with van der Waals surface area (Å²) in [7, 11) is 0. The lowest BCUT2D eigenvalue weighted by Crippen LogP contribution is -2.33. The molecule has 1 fully saturated rings. The highest BCUT2D eigenvalue weighted by Crippen LogP contribution is 2.31. The number of fused-ring (bicyclic) bond motifs is 1. The topological polar surface area (TPSA) is 57.8 Å². The summed E-state index contributed by atoms with van der Waals surface area (Å²) in [6.45, 7) is 0. The van der Waals surface area contributed by atoms with Crippen molar-refractivity contribution >= 4 is 16.9 Å². The average molecular weight is 387 g/mol. The van der Waals surface area contributed by atoms with E-state index in [1.54, 1.807) is 18.2 Å². The van der Waals surface area contributed by atoms with Gasteiger partial charge in [-0.05, 0) is 36.1 Å². The molecule has 28 heavy (non-hydrogen) atoms. The Morgan fingerprint density at radius 1 is 1.07 bits per heavy atom. The SMILES string of the molecule is O=C(N[C@@H](c1ccccc1)c1ccc2nc(C(F)(F)F)[nH]c2c1)C1CCCC1. The van der Waals surface area contributed by atoms with Gasteiger partial charge in [-0.2, -0.15) is 13.2 Å². The van der Waals surface area contributed by atoms with E-state index in [2.05, 4.69) is 15.3 Å². The smallest absolute Gasteiger partial charge is 0.345 e. The first-order valence-electron chi connectivity index (χ1n) is 9.34. The van der Waals surface area contributed by atoms with Gasteiger partial charge in [-0.15, -0.1) is 0 Å². The van der Waals surface area contributed by atoms with Crippen molar-refractivity contribution in [2.75, 3.05) is 0 Å². The standard InChI is InChI=1S/C21H20F3N3O/c22-21(23,24)20-25-16-11-10-15(12-17(16)26-20)18(13-6-2-1-3-7-13)27-19(28)14-8-4-5-9-14/h1-3,6-7,10-12,14,18H,4-5,8-9H2,(H,25,26)(H,27,28)/t18-/m0/s1. The van der Waals surface area contributed by atoms with Crippen LogP contribution in [0.15, 0.2) is 48.5 Å². The van der Waals surface area contributed by atoms with Crippen molar-refractivity contribution in [2.24, 2.45) is 5.92 Å². The van der Waals surface area contributed by atoms with E-state index in [1.165, 1.54) is 0 Å². The van der Waals surface area contributed by atoms with Crippen molar-refractivity contribution in [3.8, 4) is 0 Å². The van der Waals surface area contributed by atoms with Crippen LogP contribution < -0.4 is 5.32 Å². The van der Waals surface area contributed by atoms with E-state index in [4.69, 9.17) is 0 Å². The van der Waals surface area contributed by atoms with Crippen LogP contribution in [0.4, 0.5) is 13.2 Å². The van der Waals surface area contributed by atoms with Crippen LogP contribution in [0.2, 0.25) is 0 Å². The lowest BCUT2D eigenvalue weighted by molar-refractivity contribution is -0.144. The van der Waals surface area contributed by atoms with E-state index in [1.807, 2.05) is 30.3 Å². The van der Waals surface area contributed by atoms with Gasteiger partial charge in [0.1, 0.15) is 0 Å². The second-order valence-corrected chi connectivity index (χ2v) is 7.19. The van der Waals surface area contributed by atoms with Gasteiger partial charge in [0.15, 0.2) is 0 Å². The molecule has 146 valence electrons. The highest BCUT2D eigenvalue weighted by molar-refractivity contribution is 5.81. The Hall–Kier alpha value is -2.83. The van der Waals surface area contributed by atoms with E-state index in [-0.39, 0.29) is 17.3 Å². The van der Waals surface area contributed by atoms with Crippen LogP contribution in [0.25, 0.3) is 11.0 Å². The molecule has 0 unspecified atom stereocenters. The van der Waals surface area contributed by atoms with Crippen LogP contribution in [-0.4, -0.2) is 15.9 Å². The number of H-pyrrole nitrogens is 1. The molecule has 1 amide bonds. The Morgan fingerprint density at radius 3 is 2.46 bits per heavy atom. The van der Waals surface area contributed by atoms with E-state index >= 15 is 0 Å². The van der Waals surface area contributed by atoms with Crippen LogP contribution in [-0.2, 0) is 11.0 Å². The van der Waals surface area contributed by atoms with E-state index in [0.717, 1.165) is 31.2 Å². The Bertz CT molecular complexity index is 975. The zero-order valence-corrected chi connectivity index (χ0v) is 15.1. The van der Waals surface area contributed by atoms with E-state index < -0.39 is 18.0 Å². The van der Waals surface area contributed by atoms with Gasteiger partial charge >= 0.3 is 6.18 Å². The maximum atomic E-state index is 12.9. The Balaban J connectivity index is 1.70. The molecule has 4 nitrogen and oxygen atoms in total. The Morgan fingerprint density at radius 2 is 1.79 bits per heavy atom. The molecule has 4 rings (SSSR count). The first-order valence-corrected chi connectivity index (χ1v) is 9.34. The number of alkyl halides is 3. The maximum absolute atomic E-state index is 12.9. The molecule has 0 aliphatic heterocycles. The van der Waals surface area contributed by atoms with Gasteiger partial charge in [-0.3, -0.25) is 4.79 Å². The number of halogens is 3.